The second-order valence-corrected chi connectivity index (χ2v) is 9.76. The Bertz CT molecular complexity index is 1150. The number of likely N-dealkylation sites (tertiary alicyclic amines) is 1. The standard InChI is InChI=1S/C24H26N4O6S/c1-14(2)8-16-11-18(6-7-28(16)24(31)32)34-21-12-20(25-13-26-21)33-17-5-3-4-15(9-17)10-19-22(29)27-23(30)35-19/h3-5,9-10,12-14,16,18H,6-8,11H2,1-2H3,(H,31,32)(H,27,29,30). The highest BCUT2D eigenvalue weighted by molar-refractivity contribution is 8.18. The Hall–Kier alpha value is -3.60. The zero-order valence-electron chi connectivity index (χ0n) is 19.3. The Kier molecular flexibility index (Phi) is 7.54. The van der Waals surface area contributed by atoms with Crippen molar-refractivity contribution in [3.63, 3.8) is 0 Å². The fourth-order valence-electron chi connectivity index (χ4n) is 4.12. The van der Waals surface area contributed by atoms with Gasteiger partial charge in [-0.1, -0.05) is 26.0 Å². The zero-order chi connectivity index (χ0) is 24.9. The van der Waals surface area contributed by atoms with Crippen LogP contribution in [0.1, 0.15) is 38.7 Å². The van der Waals surface area contributed by atoms with Gasteiger partial charge in [-0.3, -0.25) is 14.9 Å². The van der Waals surface area contributed by atoms with Crippen LogP contribution in [-0.2, 0) is 4.79 Å². The molecule has 0 bridgehead atoms. The van der Waals surface area contributed by atoms with E-state index in [9.17, 15) is 19.5 Å². The number of rotatable bonds is 7. The maximum absolute atomic E-state index is 11.8. The van der Waals surface area contributed by atoms with Gasteiger partial charge in [-0.2, -0.15) is 0 Å². The third-order valence-electron chi connectivity index (χ3n) is 5.58. The summed E-state index contributed by atoms with van der Waals surface area (Å²) in [5.74, 6) is 1.07. The molecule has 1 aromatic carbocycles. The molecule has 0 radical (unpaired) electrons. The Balaban J connectivity index is 1.42. The number of thioether (sulfide) groups is 1. The number of carbonyl (C=O) groups is 3. The van der Waals surface area contributed by atoms with Crippen molar-refractivity contribution in [1.82, 2.24) is 20.2 Å². The minimum Gasteiger partial charge on any atom is -0.474 e. The molecule has 2 saturated heterocycles. The van der Waals surface area contributed by atoms with Gasteiger partial charge in [0, 0.05) is 25.4 Å². The van der Waals surface area contributed by atoms with Gasteiger partial charge in [0.25, 0.3) is 11.1 Å². The molecule has 11 heteroatoms. The highest BCUT2D eigenvalue weighted by atomic mass is 32.2. The fraction of sp³-hybridized carbons (Fsp3) is 0.375. The van der Waals surface area contributed by atoms with Crippen molar-refractivity contribution in [2.45, 2.75) is 45.3 Å². The molecule has 2 aromatic rings. The van der Waals surface area contributed by atoms with E-state index in [1.54, 1.807) is 36.4 Å². The molecule has 2 atom stereocenters. The van der Waals surface area contributed by atoms with Crippen LogP contribution in [0, 0.1) is 5.92 Å². The normalized spacial score (nSPS) is 21.3. The molecule has 35 heavy (non-hydrogen) atoms. The van der Waals surface area contributed by atoms with E-state index in [2.05, 4.69) is 29.1 Å². The number of piperidine rings is 1. The second kappa shape index (κ2) is 10.8. The van der Waals surface area contributed by atoms with Crippen LogP contribution in [0.2, 0.25) is 0 Å². The van der Waals surface area contributed by atoms with Crippen LogP contribution in [0.4, 0.5) is 9.59 Å². The highest BCUT2D eigenvalue weighted by Gasteiger charge is 2.33. The quantitative estimate of drug-likeness (QED) is 0.529. The summed E-state index contributed by atoms with van der Waals surface area (Å²) in [4.78, 5) is 44.9. The van der Waals surface area contributed by atoms with Gasteiger partial charge >= 0.3 is 6.09 Å². The summed E-state index contributed by atoms with van der Waals surface area (Å²) in [7, 11) is 0. The summed E-state index contributed by atoms with van der Waals surface area (Å²) in [6, 6.07) is 8.52. The lowest BCUT2D eigenvalue weighted by atomic mass is 9.92. The number of hydrogen-bond donors (Lipinski definition) is 2. The molecule has 0 saturated carbocycles. The van der Waals surface area contributed by atoms with Crippen molar-refractivity contribution in [3.05, 3.63) is 47.1 Å². The van der Waals surface area contributed by atoms with E-state index in [4.69, 9.17) is 9.47 Å². The molecule has 2 N–H and O–H groups in total. The lowest BCUT2D eigenvalue weighted by Crippen LogP contribution is -2.48. The van der Waals surface area contributed by atoms with E-state index < -0.39 is 17.2 Å². The maximum Gasteiger partial charge on any atom is 0.407 e. The van der Waals surface area contributed by atoms with Crippen LogP contribution in [-0.4, -0.2) is 55.9 Å². The number of imide groups is 1. The first kappa shape index (κ1) is 24.5. The molecule has 1 aromatic heterocycles. The summed E-state index contributed by atoms with van der Waals surface area (Å²) in [5.41, 5.74) is 0.696. The third-order valence-corrected chi connectivity index (χ3v) is 6.39. The molecule has 2 fully saturated rings. The van der Waals surface area contributed by atoms with Gasteiger partial charge < -0.3 is 19.5 Å². The smallest absolute Gasteiger partial charge is 0.407 e. The van der Waals surface area contributed by atoms with Gasteiger partial charge in [0.15, 0.2) is 0 Å². The zero-order valence-corrected chi connectivity index (χ0v) is 20.2. The van der Waals surface area contributed by atoms with E-state index in [1.807, 2.05) is 0 Å². The molecular formula is C24H26N4O6S. The largest absolute Gasteiger partial charge is 0.474 e. The Morgan fingerprint density at radius 3 is 2.80 bits per heavy atom. The molecule has 3 heterocycles. The monoisotopic (exact) mass is 498 g/mol. The Morgan fingerprint density at radius 2 is 2.09 bits per heavy atom. The van der Waals surface area contributed by atoms with E-state index in [1.165, 1.54) is 11.2 Å². The minimum absolute atomic E-state index is 0.101. The average molecular weight is 499 g/mol. The lowest BCUT2D eigenvalue weighted by molar-refractivity contribution is -0.115. The predicted octanol–water partition coefficient (Wildman–Crippen LogP) is 4.53. The van der Waals surface area contributed by atoms with E-state index in [-0.39, 0.29) is 18.0 Å². The summed E-state index contributed by atoms with van der Waals surface area (Å²) >= 11 is 0.850. The number of hydrogen-bond acceptors (Lipinski definition) is 8. The van der Waals surface area contributed by atoms with E-state index >= 15 is 0 Å². The van der Waals surface area contributed by atoms with Crippen LogP contribution < -0.4 is 14.8 Å². The molecule has 2 aliphatic rings. The average Bonchev–Trinajstić information content (AvgIpc) is 3.10. The Morgan fingerprint density at radius 1 is 1.29 bits per heavy atom. The first-order valence-electron chi connectivity index (χ1n) is 11.3. The molecule has 2 unspecified atom stereocenters. The molecule has 0 aliphatic carbocycles. The number of nitrogens with zero attached hydrogens (tertiary/aromatic N) is 3. The number of carbonyl (C=O) groups excluding carboxylic acids is 2. The summed E-state index contributed by atoms with van der Waals surface area (Å²) in [6.07, 6.45) is 3.84. The molecule has 3 amide bonds. The van der Waals surface area contributed by atoms with Crippen molar-refractivity contribution >= 4 is 35.1 Å². The molecule has 0 spiro atoms. The van der Waals surface area contributed by atoms with E-state index in [0.717, 1.165) is 18.2 Å². The van der Waals surface area contributed by atoms with Gasteiger partial charge in [0.1, 0.15) is 18.2 Å². The van der Waals surface area contributed by atoms with Crippen molar-refractivity contribution in [2.24, 2.45) is 5.92 Å². The Labute approximate surface area is 206 Å². The van der Waals surface area contributed by atoms with Crippen molar-refractivity contribution in [2.75, 3.05) is 6.54 Å². The number of nitrogens with one attached hydrogen (secondary N) is 1. The number of ether oxygens (including phenoxy) is 2. The summed E-state index contributed by atoms with van der Waals surface area (Å²) in [5, 5.41) is 11.3. The van der Waals surface area contributed by atoms with Gasteiger partial charge in [-0.05, 0) is 47.9 Å². The fourth-order valence-corrected chi connectivity index (χ4v) is 4.80. The van der Waals surface area contributed by atoms with Gasteiger partial charge in [-0.25, -0.2) is 14.8 Å². The maximum atomic E-state index is 11.8. The molecular weight excluding hydrogens is 472 g/mol. The van der Waals surface area contributed by atoms with Crippen LogP contribution in [0.5, 0.6) is 17.5 Å². The van der Waals surface area contributed by atoms with Crippen molar-refractivity contribution in [3.8, 4) is 17.5 Å². The molecule has 184 valence electrons. The topological polar surface area (TPSA) is 131 Å². The molecule has 2 aliphatic heterocycles. The lowest BCUT2D eigenvalue weighted by Gasteiger charge is -2.38. The number of carboxylic acid groups (broad SMARTS) is 1. The highest BCUT2D eigenvalue weighted by Crippen LogP contribution is 2.29. The van der Waals surface area contributed by atoms with Crippen LogP contribution >= 0.6 is 11.8 Å². The van der Waals surface area contributed by atoms with Crippen LogP contribution in [0.25, 0.3) is 6.08 Å². The summed E-state index contributed by atoms with van der Waals surface area (Å²) in [6.45, 7) is 4.56. The van der Waals surface area contributed by atoms with Crippen molar-refractivity contribution in [1.29, 1.82) is 0 Å². The second-order valence-electron chi connectivity index (χ2n) is 8.74. The number of aromatic nitrogens is 2. The van der Waals surface area contributed by atoms with E-state index in [0.29, 0.717) is 47.4 Å². The van der Waals surface area contributed by atoms with Crippen molar-refractivity contribution < 1.29 is 29.0 Å². The van der Waals surface area contributed by atoms with Gasteiger partial charge in [0.05, 0.1) is 11.0 Å². The minimum atomic E-state index is -0.900. The van der Waals surface area contributed by atoms with Gasteiger partial charge in [0.2, 0.25) is 11.8 Å². The first-order valence-corrected chi connectivity index (χ1v) is 12.1. The van der Waals surface area contributed by atoms with Crippen LogP contribution in [0.3, 0.4) is 0 Å². The SMILES string of the molecule is CC(C)CC1CC(Oc2cc(Oc3cccc(C=C4SC(=O)NC4=O)c3)ncn2)CCN1C(=O)O. The number of amides is 3. The summed E-state index contributed by atoms with van der Waals surface area (Å²) < 4.78 is 11.9. The number of benzene rings is 1. The van der Waals surface area contributed by atoms with Crippen LogP contribution in [0.15, 0.2) is 41.6 Å². The first-order chi connectivity index (χ1) is 16.8. The third kappa shape index (κ3) is 6.50. The predicted molar refractivity (Wildman–Crippen MR) is 129 cm³/mol. The molecule has 10 nitrogen and oxygen atoms in total. The molecule has 4 rings (SSSR count). The van der Waals surface area contributed by atoms with Gasteiger partial charge in [-0.15, -0.1) is 0 Å².